The van der Waals surface area contributed by atoms with Crippen LogP contribution in [-0.4, -0.2) is 60.9 Å². The van der Waals surface area contributed by atoms with Crippen molar-refractivity contribution < 1.29 is 17.6 Å². The maximum Gasteiger partial charge on any atom is 0.256 e. The number of carbonyl (C=O) groups is 1. The van der Waals surface area contributed by atoms with E-state index in [4.69, 9.17) is 0 Å². The van der Waals surface area contributed by atoms with Gasteiger partial charge in [-0.15, -0.1) is 0 Å². The van der Waals surface area contributed by atoms with Gasteiger partial charge in [0.1, 0.15) is 5.82 Å². The molecule has 6 nitrogen and oxygen atoms in total. The number of amides is 1. The van der Waals surface area contributed by atoms with Gasteiger partial charge in [0, 0.05) is 43.3 Å². The normalized spacial score (nSPS) is 15.7. The van der Waals surface area contributed by atoms with E-state index >= 15 is 0 Å². The Hall–Kier alpha value is -2.84. The lowest BCUT2D eigenvalue weighted by atomic mass is 9.85. The van der Waals surface area contributed by atoms with Gasteiger partial charge in [0.05, 0.1) is 17.3 Å². The van der Waals surface area contributed by atoms with Crippen molar-refractivity contribution in [2.75, 3.05) is 32.4 Å². The van der Waals surface area contributed by atoms with Gasteiger partial charge in [-0.05, 0) is 34.7 Å². The average molecular weight is 470 g/mol. The molecular formula is C25H28FN3O3S. The number of pyridine rings is 1. The van der Waals surface area contributed by atoms with Crippen molar-refractivity contribution in [3.05, 3.63) is 65.6 Å². The highest BCUT2D eigenvalue weighted by atomic mass is 32.2. The molecule has 0 aliphatic carbocycles. The molecule has 3 aromatic rings. The molecule has 1 aliphatic heterocycles. The number of piperazine rings is 1. The minimum atomic E-state index is -3.30. The molecule has 2 heterocycles. The highest BCUT2D eigenvalue weighted by Crippen LogP contribution is 2.34. The SMILES string of the molecule is CC(C)(C)c1ccc(-c2c(C(=O)N3CCN(S(C)(=O)=O)CC3)cnc3ccc(F)cc23)cc1. The largest absolute Gasteiger partial charge is 0.336 e. The molecule has 0 saturated carbocycles. The van der Waals surface area contributed by atoms with Gasteiger partial charge in [0.15, 0.2) is 0 Å². The van der Waals surface area contributed by atoms with Gasteiger partial charge >= 0.3 is 0 Å². The standard InChI is InChI=1S/C25H28FN3O3S/c1-25(2,3)18-7-5-17(6-8-18)23-20-15-19(26)9-10-22(20)27-16-21(23)24(30)28-11-13-29(14-12-28)33(4,31)32/h5-10,15-16H,11-14H2,1-4H3. The van der Waals surface area contributed by atoms with E-state index < -0.39 is 15.8 Å². The van der Waals surface area contributed by atoms with E-state index in [1.807, 2.05) is 24.3 Å². The van der Waals surface area contributed by atoms with Crippen LogP contribution in [0.25, 0.3) is 22.0 Å². The minimum absolute atomic E-state index is 0.0249. The van der Waals surface area contributed by atoms with E-state index in [0.717, 1.165) is 11.1 Å². The Bertz CT molecular complexity index is 1310. The second kappa shape index (κ2) is 8.50. The molecule has 1 saturated heterocycles. The Kier molecular flexibility index (Phi) is 6.01. The first-order valence-electron chi connectivity index (χ1n) is 10.9. The van der Waals surface area contributed by atoms with Crippen LogP contribution in [0.5, 0.6) is 0 Å². The van der Waals surface area contributed by atoms with Gasteiger partial charge in [-0.2, -0.15) is 4.31 Å². The van der Waals surface area contributed by atoms with Gasteiger partial charge in [-0.3, -0.25) is 9.78 Å². The second-order valence-corrected chi connectivity index (χ2v) is 11.5. The zero-order chi connectivity index (χ0) is 24.0. The molecular weight excluding hydrogens is 441 g/mol. The number of hydrogen-bond donors (Lipinski definition) is 0. The Morgan fingerprint density at radius 3 is 2.21 bits per heavy atom. The summed E-state index contributed by atoms with van der Waals surface area (Å²) < 4.78 is 39.2. The molecule has 1 fully saturated rings. The molecule has 1 amide bonds. The molecule has 1 aromatic heterocycles. The topological polar surface area (TPSA) is 70.6 Å². The van der Waals surface area contributed by atoms with Crippen LogP contribution in [0.2, 0.25) is 0 Å². The van der Waals surface area contributed by atoms with Crippen LogP contribution in [0.3, 0.4) is 0 Å². The lowest BCUT2D eigenvalue weighted by Gasteiger charge is -2.33. The van der Waals surface area contributed by atoms with Crippen LogP contribution >= 0.6 is 0 Å². The van der Waals surface area contributed by atoms with Crippen molar-refractivity contribution in [1.82, 2.24) is 14.2 Å². The maximum absolute atomic E-state index is 14.2. The van der Waals surface area contributed by atoms with Crippen molar-refractivity contribution in [3.63, 3.8) is 0 Å². The summed E-state index contributed by atoms with van der Waals surface area (Å²) in [6.45, 7) is 7.45. The molecule has 0 spiro atoms. The minimum Gasteiger partial charge on any atom is -0.336 e. The van der Waals surface area contributed by atoms with Gasteiger partial charge in [-0.1, -0.05) is 45.0 Å². The first kappa shape index (κ1) is 23.3. The molecule has 0 bridgehead atoms. The number of nitrogens with zero attached hydrogens (tertiary/aromatic N) is 3. The molecule has 0 unspecified atom stereocenters. The summed E-state index contributed by atoms with van der Waals surface area (Å²) in [6.07, 6.45) is 2.71. The number of benzene rings is 2. The molecule has 0 radical (unpaired) electrons. The Labute approximate surface area is 194 Å². The fourth-order valence-electron chi connectivity index (χ4n) is 4.17. The molecule has 33 heavy (non-hydrogen) atoms. The Balaban J connectivity index is 1.78. The fourth-order valence-corrected chi connectivity index (χ4v) is 4.99. The van der Waals surface area contributed by atoms with Crippen molar-refractivity contribution in [1.29, 1.82) is 0 Å². The molecule has 8 heteroatoms. The summed E-state index contributed by atoms with van der Waals surface area (Å²) in [6, 6.07) is 12.3. The molecule has 0 atom stereocenters. The van der Waals surface area contributed by atoms with E-state index in [0.29, 0.717) is 22.0 Å². The predicted octanol–water partition coefficient (Wildman–Crippen LogP) is 4.06. The van der Waals surface area contributed by atoms with Gasteiger partial charge < -0.3 is 4.90 Å². The predicted molar refractivity (Wildman–Crippen MR) is 128 cm³/mol. The summed E-state index contributed by atoms with van der Waals surface area (Å²) >= 11 is 0. The first-order valence-corrected chi connectivity index (χ1v) is 12.7. The summed E-state index contributed by atoms with van der Waals surface area (Å²) in [7, 11) is -3.30. The van der Waals surface area contributed by atoms with Crippen LogP contribution in [0.1, 0.15) is 36.7 Å². The number of halogens is 1. The Morgan fingerprint density at radius 2 is 1.64 bits per heavy atom. The second-order valence-electron chi connectivity index (χ2n) is 9.49. The first-order chi connectivity index (χ1) is 15.4. The maximum atomic E-state index is 14.2. The number of carbonyl (C=O) groups excluding carboxylic acids is 1. The van der Waals surface area contributed by atoms with Crippen LogP contribution in [-0.2, 0) is 15.4 Å². The van der Waals surface area contributed by atoms with E-state index in [1.165, 1.54) is 22.7 Å². The number of aromatic nitrogens is 1. The molecule has 4 rings (SSSR count). The smallest absolute Gasteiger partial charge is 0.256 e. The monoisotopic (exact) mass is 469 g/mol. The summed E-state index contributed by atoms with van der Waals surface area (Å²) in [5.74, 6) is -0.639. The van der Waals surface area contributed by atoms with Gasteiger partial charge in [0.25, 0.3) is 5.91 Å². The van der Waals surface area contributed by atoms with Gasteiger partial charge in [0.2, 0.25) is 10.0 Å². The van der Waals surface area contributed by atoms with Crippen LogP contribution < -0.4 is 0 Å². The molecule has 2 aromatic carbocycles. The van der Waals surface area contributed by atoms with Crippen LogP contribution in [0.15, 0.2) is 48.7 Å². The zero-order valence-corrected chi connectivity index (χ0v) is 20.1. The van der Waals surface area contributed by atoms with Gasteiger partial charge in [-0.25, -0.2) is 12.8 Å². The van der Waals surface area contributed by atoms with Crippen LogP contribution in [0, 0.1) is 5.82 Å². The fraction of sp³-hybridized carbons (Fsp3) is 0.360. The average Bonchev–Trinajstić information content (AvgIpc) is 2.77. The quantitative estimate of drug-likeness (QED) is 0.580. The number of hydrogen-bond acceptors (Lipinski definition) is 4. The molecule has 0 N–H and O–H groups in total. The number of fused-ring (bicyclic) bond motifs is 1. The van der Waals surface area contributed by atoms with E-state index in [-0.39, 0.29) is 37.5 Å². The zero-order valence-electron chi connectivity index (χ0n) is 19.3. The van der Waals surface area contributed by atoms with Crippen molar-refractivity contribution in [2.24, 2.45) is 0 Å². The van der Waals surface area contributed by atoms with Crippen LogP contribution in [0.4, 0.5) is 4.39 Å². The van der Waals surface area contributed by atoms with E-state index in [1.54, 1.807) is 17.2 Å². The summed E-state index contributed by atoms with van der Waals surface area (Å²) in [4.78, 5) is 19.6. The van der Waals surface area contributed by atoms with Crippen molar-refractivity contribution in [3.8, 4) is 11.1 Å². The van der Waals surface area contributed by atoms with E-state index in [2.05, 4.69) is 25.8 Å². The number of rotatable bonds is 3. The van der Waals surface area contributed by atoms with E-state index in [9.17, 15) is 17.6 Å². The summed E-state index contributed by atoms with van der Waals surface area (Å²) in [5.41, 5.74) is 3.55. The molecule has 1 aliphatic rings. The highest BCUT2D eigenvalue weighted by Gasteiger charge is 2.29. The highest BCUT2D eigenvalue weighted by molar-refractivity contribution is 7.88. The molecule has 174 valence electrons. The third kappa shape index (κ3) is 4.77. The van der Waals surface area contributed by atoms with Crippen molar-refractivity contribution >= 4 is 26.8 Å². The summed E-state index contributed by atoms with van der Waals surface area (Å²) in [5, 5.41) is 0.569. The lowest BCUT2D eigenvalue weighted by molar-refractivity contribution is 0.0699. The van der Waals surface area contributed by atoms with Crippen molar-refractivity contribution in [2.45, 2.75) is 26.2 Å². The Morgan fingerprint density at radius 1 is 1.00 bits per heavy atom. The third-order valence-corrected chi connectivity index (χ3v) is 7.40. The third-order valence-electron chi connectivity index (χ3n) is 6.09. The lowest BCUT2D eigenvalue weighted by Crippen LogP contribution is -2.50. The number of sulfonamides is 1.